The third kappa shape index (κ3) is 22.2. The first-order chi connectivity index (χ1) is 38.5. The Morgan fingerprint density at radius 2 is 1.27 bits per heavy atom. The minimum atomic E-state index is -2.33. The molecular formula is C55H85N7O21. The Kier molecular flexibility index (Phi) is 29.0. The number of nitrogens with one attached hydrogen (secondary N) is 4. The Balaban J connectivity index is 2.29. The van der Waals surface area contributed by atoms with Crippen LogP contribution in [0, 0.1) is 23.7 Å². The number of carbonyl (C=O) groups excluding carboxylic acids is 9. The summed E-state index contributed by atoms with van der Waals surface area (Å²) in [4.78, 5) is 139. The van der Waals surface area contributed by atoms with Crippen LogP contribution in [0.4, 0.5) is 0 Å². The van der Waals surface area contributed by atoms with Gasteiger partial charge in [0.05, 0.1) is 66.6 Å². The van der Waals surface area contributed by atoms with Crippen LogP contribution < -0.4 is 21.3 Å². The lowest BCUT2D eigenvalue weighted by Gasteiger charge is -2.33. The Labute approximate surface area is 481 Å². The highest BCUT2D eigenvalue weighted by atomic mass is 16.5. The first kappa shape index (κ1) is 72.6. The first-order valence-electron chi connectivity index (χ1n) is 26.9. The predicted molar refractivity (Wildman–Crippen MR) is 292 cm³/mol. The van der Waals surface area contributed by atoms with E-state index in [9.17, 15) is 99.0 Å². The van der Waals surface area contributed by atoms with Gasteiger partial charge in [0.2, 0.25) is 23.6 Å². The number of Topliss-reactive ketones (excluding diaryl/α,β-unsaturated/α-hetero) is 4. The summed E-state index contributed by atoms with van der Waals surface area (Å²) in [7, 11) is 3.73. The highest BCUT2D eigenvalue weighted by molar-refractivity contribution is 5.98. The normalized spacial score (nSPS) is 16.7. The Morgan fingerprint density at radius 3 is 1.75 bits per heavy atom. The van der Waals surface area contributed by atoms with Gasteiger partial charge >= 0.3 is 5.97 Å². The largest absolute Gasteiger partial charge is 0.480 e. The smallest absolute Gasteiger partial charge is 0.328 e. The van der Waals surface area contributed by atoms with Gasteiger partial charge in [-0.2, -0.15) is 0 Å². The second kappa shape index (κ2) is 33.1. The average molecular weight is 1180 g/mol. The quantitative estimate of drug-likeness (QED) is 0.0308. The van der Waals surface area contributed by atoms with Crippen molar-refractivity contribution >= 4 is 58.6 Å². The zero-order chi connectivity index (χ0) is 63.4. The summed E-state index contributed by atoms with van der Waals surface area (Å²) in [5.74, 6) is -15.0. The molecule has 2 rings (SSSR count). The maximum absolute atomic E-state index is 14.1. The number of aryl methyl sites for hydroxylation is 1. The van der Waals surface area contributed by atoms with E-state index < -0.39 is 200 Å². The van der Waals surface area contributed by atoms with Crippen molar-refractivity contribution in [1.82, 2.24) is 35.7 Å². The monoisotopic (exact) mass is 1180 g/mol. The topological polar surface area (TPSA) is 451 Å². The van der Waals surface area contributed by atoms with Crippen LogP contribution in [-0.2, 0) is 66.2 Å². The zero-order valence-electron chi connectivity index (χ0n) is 48.5. The second-order valence-electron chi connectivity index (χ2n) is 22.3. The zero-order valence-corrected chi connectivity index (χ0v) is 48.5. The Morgan fingerprint density at radius 1 is 0.711 bits per heavy atom. The van der Waals surface area contributed by atoms with E-state index in [4.69, 9.17) is 4.74 Å². The Hall–Kier alpha value is -6.47. The van der Waals surface area contributed by atoms with E-state index in [1.807, 2.05) is 0 Å². The summed E-state index contributed by atoms with van der Waals surface area (Å²) in [6, 6.07) is 1.58. The van der Waals surface area contributed by atoms with Gasteiger partial charge in [0, 0.05) is 65.8 Å². The molecule has 5 amide bonds. The van der Waals surface area contributed by atoms with Crippen LogP contribution >= 0.6 is 0 Å². The van der Waals surface area contributed by atoms with Crippen molar-refractivity contribution in [2.45, 2.75) is 165 Å². The van der Waals surface area contributed by atoms with Gasteiger partial charge in [-0.05, 0) is 58.9 Å². The number of aliphatic hydroxyl groups is 9. The molecule has 0 aliphatic heterocycles. The van der Waals surface area contributed by atoms with Crippen LogP contribution in [0.2, 0.25) is 0 Å². The summed E-state index contributed by atoms with van der Waals surface area (Å²) in [5.41, 5.74) is -3.44. The fourth-order valence-corrected chi connectivity index (χ4v) is 8.99. The van der Waals surface area contributed by atoms with Crippen molar-refractivity contribution in [3.63, 3.8) is 0 Å². The maximum Gasteiger partial charge on any atom is 0.328 e. The summed E-state index contributed by atoms with van der Waals surface area (Å²) in [6.07, 6.45) is -12.2. The van der Waals surface area contributed by atoms with Gasteiger partial charge in [-0.15, -0.1) is 0 Å². The van der Waals surface area contributed by atoms with E-state index in [2.05, 4.69) is 26.3 Å². The van der Waals surface area contributed by atoms with Crippen LogP contribution in [0.1, 0.15) is 104 Å². The van der Waals surface area contributed by atoms with Crippen molar-refractivity contribution in [2.24, 2.45) is 30.7 Å². The van der Waals surface area contributed by atoms with Gasteiger partial charge in [-0.1, -0.05) is 44.2 Å². The van der Waals surface area contributed by atoms with E-state index in [0.717, 1.165) is 39.8 Å². The first-order valence-corrected chi connectivity index (χ1v) is 26.9. The molecular weight excluding hydrogens is 1090 g/mol. The SMILES string of the molecule is CO[C@@H](CNC(=O)[C@H](CC(=O)[C@H](O)[C@H](C)O)[C@H](O)c1cncn1C)[C@H](O)[C@H](O)C(=O)N(C)[C@@H](Cc1ccccc1)C(=O)CCC(=O)N[C@H](C(=O)C[C@@H](CO)C(=O)N[C@H](C(=O)C[C@@H](CC(C)C)C(=O)N[C@@H](CO)C(=O)O)C(C)(C)O)C(C)(C)O. The number of likely N-dealkylation sites (N-methyl/N-ethyl adjacent to an activating group) is 1. The molecule has 0 saturated heterocycles. The van der Waals surface area contributed by atoms with E-state index in [-0.39, 0.29) is 24.5 Å². The van der Waals surface area contributed by atoms with E-state index in [1.54, 1.807) is 44.2 Å². The van der Waals surface area contributed by atoms with Gasteiger partial charge in [0.1, 0.15) is 42.5 Å². The molecule has 1 aromatic heterocycles. The minimum absolute atomic E-state index is 0.0508. The van der Waals surface area contributed by atoms with Crippen LogP contribution in [0.15, 0.2) is 42.9 Å². The second-order valence-corrected chi connectivity index (χ2v) is 22.3. The molecule has 28 nitrogen and oxygen atoms in total. The molecule has 1 heterocycles. The molecule has 0 fully saturated rings. The number of hydrogen-bond donors (Lipinski definition) is 14. The highest BCUT2D eigenvalue weighted by Gasteiger charge is 2.43. The van der Waals surface area contributed by atoms with Crippen LogP contribution in [0.5, 0.6) is 0 Å². The number of nitrogens with zero attached hydrogens (tertiary/aromatic N) is 3. The average Bonchev–Trinajstić information content (AvgIpc) is 4.11. The molecule has 0 aliphatic carbocycles. The van der Waals surface area contributed by atoms with Gasteiger partial charge < -0.3 is 86.5 Å². The molecule has 0 radical (unpaired) electrons. The number of amides is 5. The van der Waals surface area contributed by atoms with Crippen molar-refractivity contribution < 1.29 is 104 Å². The number of ketones is 4. The fourth-order valence-electron chi connectivity index (χ4n) is 8.99. The van der Waals surface area contributed by atoms with E-state index in [1.165, 1.54) is 38.0 Å². The molecule has 466 valence electrons. The number of imidazole rings is 1. The molecule has 13 atom stereocenters. The number of benzene rings is 1. The van der Waals surface area contributed by atoms with Crippen LogP contribution in [-0.4, -0.2) is 224 Å². The van der Waals surface area contributed by atoms with E-state index >= 15 is 0 Å². The van der Waals surface area contributed by atoms with Crippen LogP contribution in [0.3, 0.4) is 0 Å². The lowest BCUT2D eigenvalue weighted by molar-refractivity contribution is -0.156. The van der Waals surface area contributed by atoms with Gasteiger partial charge in [-0.25, -0.2) is 9.78 Å². The Bertz CT molecular complexity index is 2510. The summed E-state index contributed by atoms with van der Waals surface area (Å²) in [5, 5.41) is 114. The van der Waals surface area contributed by atoms with Gasteiger partial charge in [0.15, 0.2) is 29.2 Å². The highest BCUT2D eigenvalue weighted by Crippen LogP contribution is 2.27. The molecule has 2 aromatic rings. The molecule has 0 aliphatic rings. The molecule has 0 bridgehead atoms. The number of carboxylic acid groups (broad SMARTS) is 1. The van der Waals surface area contributed by atoms with Gasteiger partial charge in [0.25, 0.3) is 5.91 Å². The molecule has 1 aromatic carbocycles. The predicted octanol–water partition coefficient (Wildman–Crippen LogP) is -3.70. The summed E-state index contributed by atoms with van der Waals surface area (Å²) >= 11 is 0. The standard InChI is InChI=1S/C55H85N7O21/c1-28(2)18-31(49(75)58-34(26-64)53(79)80)20-39(68)48(55(6,7)82)60-50(76)32(25-63)21-40(69)47(54(4,5)81)59-42(70)17-16-37(66)35(19-30-14-12-11-13-15-30)62(9)52(78)46(74)45(73)41(83-10)24-57-51(77)33(22-38(67)43(71)29(3)65)44(72)36-23-56-27-61(36)8/h11-15,23,27-29,31-35,41,43-48,63-65,71-74,81-82H,16-22,24-26H2,1-10H3,(H,57,77)(H,58,75)(H,59,70)(H,60,76)(H,79,80)/t29-,31+,32-,33+,34-,35-,41-,43+,44-,45-,46-,47+,48+/m0/s1. The van der Waals surface area contributed by atoms with Crippen molar-refractivity contribution in [2.75, 3.05) is 33.9 Å². The number of rotatable bonds is 38. The number of aliphatic hydroxyl groups excluding tert-OH is 7. The van der Waals surface area contributed by atoms with E-state index in [0.29, 0.717) is 5.56 Å². The molecule has 0 unspecified atom stereocenters. The molecule has 0 saturated carbocycles. The minimum Gasteiger partial charge on any atom is -0.480 e. The number of ether oxygens (including phenoxy) is 1. The number of carboxylic acids is 1. The number of aromatic nitrogens is 2. The van der Waals surface area contributed by atoms with Gasteiger partial charge in [-0.3, -0.25) is 43.2 Å². The van der Waals surface area contributed by atoms with Crippen molar-refractivity contribution in [1.29, 1.82) is 0 Å². The summed E-state index contributed by atoms with van der Waals surface area (Å²) < 4.78 is 6.68. The lowest BCUT2D eigenvalue weighted by atomic mass is 9.85. The third-order valence-electron chi connectivity index (χ3n) is 13.9. The third-order valence-corrected chi connectivity index (χ3v) is 13.9. The summed E-state index contributed by atoms with van der Waals surface area (Å²) in [6.45, 7) is 6.63. The van der Waals surface area contributed by atoms with Crippen molar-refractivity contribution in [3.05, 3.63) is 54.1 Å². The fraction of sp³-hybridized carbons (Fsp3) is 0.655. The number of hydrogen-bond acceptors (Lipinski definition) is 21. The molecule has 14 N–H and O–H groups in total. The molecule has 83 heavy (non-hydrogen) atoms. The van der Waals surface area contributed by atoms with Crippen molar-refractivity contribution in [3.8, 4) is 0 Å². The molecule has 28 heteroatoms. The molecule has 0 spiro atoms. The number of methoxy groups -OCH3 is 1. The number of carbonyl (C=O) groups is 10. The number of aliphatic carboxylic acids is 1. The lowest BCUT2D eigenvalue weighted by Crippen LogP contribution is -2.57. The maximum atomic E-state index is 14.1. The van der Waals surface area contributed by atoms with Crippen LogP contribution in [0.25, 0.3) is 0 Å².